The summed E-state index contributed by atoms with van der Waals surface area (Å²) in [4.78, 5) is 23.1. The number of ether oxygens (including phenoxy) is 2. The van der Waals surface area contributed by atoms with Gasteiger partial charge in [0.1, 0.15) is 5.75 Å². The van der Waals surface area contributed by atoms with Gasteiger partial charge in [0.05, 0.1) is 10.0 Å². The Labute approximate surface area is 135 Å². The molecule has 0 atom stereocenters. The van der Waals surface area contributed by atoms with Crippen LogP contribution in [0.5, 0.6) is 5.75 Å². The SMILES string of the molecule is CC(=O)C(=O)c1cccc(Br)c1OCOCC[Si](C)(C)C. The molecule has 0 saturated heterocycles. The molecule has 0 bridgehead atoms. The van der Waals surface area contributed by atoms with Crippen LogP contribution in [0.2, 0.25) is 25.7 Å². The van der Waals surface area contributed by atoms with E-state index in [-0.39, 0.29) is 12.4 Å². The molecule has 0 saturated carbocycles. The smallest absolute Gasteiger partial charge is 0.232 e. The van der Waals surface area contributed by atoms with Gasteiger partial charge in [-0.3, -0.25) is 9.59 Å². The first kappa shape index (κ1) is 18.1. The Bertz CT molecular complexity index is 523. The number of rotatable bonds is 8. The second-order valence-electron chi connectivity index (χ2n) is 5.98. The third-order valence-corrected chi connectivity index (χ3v) is 5.14. The molecule has 6 heteroatoms. The summed E-state index contributed by atoms with van der Waals surface area (Å²) in [6, 6.07) is 6.07. The quantitative estimate of drug-likeness (QED) is 0.228. The molecule has 0 N–H and O–H groups in total. The van der Waals surface area contributed by atoms with Crippen molar-refractivity contribution in [1.82, 2.24) is 0 Å². The first-order chi connectivity index (χ1) is 9.72. The standard InChI is InChI=1S/C15H21BrO4Si/c1-11(17)14(18)12-6-5-7-13(16)15(12)20-10-19-8-9-21(2,3)4/h5-7H,8-10H2,1-4H3. The number of ketones is 2. The van der Waals surface area contributed by atoms with Crippen molar-refractivity contribution in [2.75, 3.05) is 13.4 Å². The van der Waals surface area contributed by atoms with Crippen molar-refractivity contribution in [3.05, 3.63) is 28.2 Å². The maximum atomic E-state index is 11.9. The van der Waals surface area contributed by atoms with Crippen molar-refractivity contribution in [1.29, 1.82) is 0 Å². The molecule has 0 aliphatic rings. The third-order valence-electron chi connectivity index (χ3n) is 2.81. The van der Waals surface area contributed by atoms with Gasteiger partial charge in [-0.2, -0.15) is 0 Å². The molecule has 0 heterocycles. The van der Waals surface area contributed by atoms with Crippen molar-refractivity contribution in [3.63, 3.8) is 0 Å². The van der Waals surface area contributed by atoms with Crippen LogP contribution in [0.25, 0.3) is 0 Å². The van der Waals surface area contributed by atoms with Gasteiger partial charge in [-0.15, -0.1) is 0 Å². The molecule has 0 spiro atoms. The maximum absolute atomic E-state index is 11.9. The van der Waals surface area contributed by atoms with Gasteiger partial charge < -0.3 is 9.47 Å². The number of para-hydroxylation sites is 1. The highest BCUT2D eigenvalue weighted by molar-refractivity contribution is 9.10. The molecule has 0 aliphatic carbocycles. The summed E-state index contributed by atoms with van der Waals surface area (Å²) in [5.74, 6) is -0.725. The van der Waals surface area contributed by atoms with Gasteiger partial charge in [0, 0.05) is 21.6 Å². The lowest BCUT2D eigenvalue weighted by atomic mass is 10.1. The Balaban J connectivity index is 2.66. The molecule has 116 valence electrons. The van der Waals surface area contributed by atoms with Gasteiger partial charge >= 0.3 is 0 Å². The van der Waals surface area contributed by atoms with Crippen LogP contribution >= 0.6 is 15.9 Å². The Morgan fingerprint density at radius 3 is 2.48 bits per heavy atom. The van der Waals surface area contributed by atoms with Gasteiger partial charge in [-0.1, -0.05) is 25.7 Å². The van der Waals surface area contributed by atoms with Crippen LogP contribution in [-0.4, -0.2) is 33.0 Å². The van der Waals surface area contributed by atoms with E-state index in [9.17, 15) is 9.59 Å². The van der Waals surface area contributed by atoms with Crippen LogP contribution < -0.4 is 4.74 Å². The molecule has 1 aromatic carbocycles. The van der Waals surface area contributed by atoms with Crippen LogP contribution in [-0.2, 0) is 9.53 Å². The fourth-order valence-electron chi connectivity index (χ4n) is 1.56. The lowest BCUT2D eigenvalue weighted by Gasteiger charge is -2.16. The lowest BCUT2D eigenvalue weighted by molar-refractivity contribution is -0.113. The molecule has 0 fully saturated rings. The van der Waals surface area contributed by atoms with Gasteiger partial charge in [0.25, 0.3) is 0 Å². The lowest BCUT2D eigenvalue weighted by Crippen LogP contribution is -2.22. The Morgan fingerprint density at radius 2 is 1.90 bits per heavy atom. The third kappa shape index (κ3) is 6.11. The first-order valence-electron chi connectivity index (χ1n) is 6.76. The van der Waals surface area contributed by atoms with Crippen molar-refractivity contribution in [2.24, 2.45) is 0 Å². The predicted molar refractivity (Wildman–Crippen MR) is 88.8 cm³/mol. The zero-order chi connectivity index (χ0) is 16.0. The number of Topliss-reactive ketones (excluding diaryl/α,β-unsaturated/α-hetero) is 2. The molecule has 4 nitrogen and oxygen atoms in total. The minimum atomic E-state index is -1.13. The van der Waals surface area contributed by atoms with Crippen LogP contribution in [0.3, 0.4) is 0 Å². The summed E-state index contributed by atoms with van der Waals surface area (Å²) in [5, 5.41) is 0. The average Bonchev–Trinajstić information content (AvgIpc) is 2.37. The summed E-state index contributed by atoms with van der Waals surface area (Å²) >= 11 is 3.33. The minimum Gasteiger partial charge on any atom is -0.466 e. The topological polar surface area (TPSA) is 52.6 Å². The maximum Gasteiger partial charge on any atom is 0.232 e. The van der Waals surface area contributed by atoms with Crippen LogP contribution in [0.1, 0.15) is 17.3 Å². The van der Waals surface area contributed by atoms with E-state index in [2.05, 4.69) is 35.6 Å². The number of halogens is 1. The molecule has 0 aromatic heterocycles. The predicted octanol–water partition coefficient (Wildman–Crippen LogP) is 3.91. The number of carbonyl (C=O) groups excluding carboxylic acids is 2. The van der Waals surface area contributed by atoms with E-state index in [0.717, 1.165) is 6.04 Å². The number of hydrogen-bond acceptors (Lipinski definition) is 4. The summed E-state index contributed by atoms with van der Waals surface area (Å²) < 4.78 is 11.6. The highest BCUT2D eigenvalue weighted by Gasteiger charge is 2.19. The Morgan fingerprint density at radius 1 is 1.24 bits per heavy atom. The second-order valence-corrected chi connectivity index (χ2v) is 12.5. The number of carbonyl (C=O) groups is 2. The van der Waals surface area contributed by atoms with E-state index in [1.54, 1.807) is 18.2 Å². The number of hydrogen-bond donors (Lipinski definition) is 0. The van der Waals surface area contributed by atoms with E-state index < -0.39 is 19.6 Å². The Kier molecular flexibility index (Phi) is 6.77. The van der Waals surface area contributed by atoms with E-state index in [0.29, 0.717) is 16.8 Å². The average molecular weight is 373 g/mol. The number of benzene rings is 1. The summed E-state index contributed by atoms with van der Waals surface area (Å²) in [5.41, 5.74) is 0.255. The van der Waals surface area contributed by atoms with Crippen LogP contribution in [0, 0.1) is 0 Å². The van der Waals surface area contributed by atoms with Gasteiger partial charge in [-0.25, -0.2) is 0 Å². The van der Waals surface area contributed by atoms with Crippen LogP contribution in [0.15, 0.2) is 22.7 Å². The molecule has 0 aliphatic heterocycles. The van der Waals surface area contributed by atoms with Crippen molar-refractivity contribution < 1.29 is 19.1 Å². The first-order valence-corrected chi connectivity index (χ1v) is 11.3. The highest BCUT2D eigenvalue weighted by atomic mass is 79.9. The van der Waals surface area contributed by atoms with E-state index in [1.165, 1.54) is 6.92 Å². The zero-order valence-corrected chi connectivity index (χ0v) is 15.5. The van der Waals surface area contributed by atoms with Gasteiger partial charge in [-0.05, 0) is 34.1 Å². The van der Waals surface area contributed by atoms with Crippen LogP contribution in [0.4, 0.5) is 0 Å². The molecule has 0 unspecified atom stereocenters. The summed E-state index contributed by atoms with van der Waals surface area (Å²) in [7, 11) is -1.13. The normalized spacial score (nSPS) is 11.3. The minimum absolute atomic E-state index is 0.0608. The van der Waals surface area contributed by atoms with Crippen molar-refractivity contribution >= 4 is 35.6 Å². The van der Waals surface area contributed by atoms with Crippen molar-refractivity contribution in [3.8, 4) is 5.75 Å². The van der Waals surface area contributed by atoms with E-state index >= 15 is 0 Å². The highest BCUT2D eigenvalue weighted by Crippen LogP contribution is 2.29. The molecule has 21 heavy (non-hydrogen) atoms. The second kappa shape index (κ2) is 7.86. The fourth-order valence-corrected chi connectivity index (χ4v) is 2.80. The zero-order valence-electron chi connectivity index (χ0n) is 12.9. The largest absolute Gasteiger partial charge is 0.466 e. The van der Waals surface area contributed by atoms with Gasteiger partial charge in [0.15, 0.2) is 12.6 Å². The van der Waals surface area contributed by atoms with E-state index in [1.807, 2.05) is 0 Å². The molecular formula is C15H21BrO4Si. The molecule has 0 amide bonds. The summed E-state index contributed by atoms with van der Waals surface area (Å²) in [6.45, 7) is 8.76. The molecule has 1 aromatic rings. The van der Waals surface area contributed by atoms with E-state index in [4.69, 9.17) is 9.47 Å². The fraction of sp³-hybridized carbons (Fsp3) is 0.467. The Hall–Kier alpha value is -0.983. The molecule has 1 rings (SSSR count). The van der Waals surface area contributed by atoms with Crippen molar-refractivity contribution in [2.45, 2.75) is 32.6 Å². The summed E-state index contributed by atoms with van der Waals surface area (Å²) in [6.07, 6.45) is 0. The molecular weight excluding hydrogens is 352 g/mol. The molecule has 0 radical (unpaired) electrons. The monoisotopic (exact) mass is 372 g/mol. The van der Waals surface area contributed by atoms with Gasteiger partial charge in [0.2, 0.25) is 5.78 Å².